The molecule has 0 radical (unpaired) electrons. The summed E-state index contributed by atoms with van der Waals surface area (Å²) in [6, 6.07) is 3.99. The Morgan fingerprint density at radius 1 is 1.50 bits per heavy atom. The lowest BCUT2D eigenvalue weighted by Gasteiger charge is -2.36. The number of aromatic nitrogens is 1. The molecule has 1 aromatic rings. The van der Waals surface area contributed by atoms with Gasteiger partial charge in [-0.2, -0.15) is 0 Å². The lowest BCUT2D eigenvalue weighted by molar-refractivity contribution is -0.144. The molecule has 1 fully saturated rings. The molecule has 1 aromatic heterocycles. The maximum absolute atomic E-state index is 12.4. The lowest BCUT2D eigenvalue weighted by atomic mass is 9.88. The topological polar surface area (TPSA) is 70.5 Å². The van der Waals surface area contributed by atoms with Crippen LogP contribution < -0.4 is 0 Å². The zero-order chi connectivity index (χ0) is 14.7. The SMILES string of the molecule is CCC1CCN(C(=O)c2cccc(Cl)n2)C(C(=O)O)C1. The summed E-state index contributed by atoms with van der Waals surface area (Å²) in [5, 5.41) is 9.56. The molecule has 0 aliphatic carbocycles. The Balaban J connectivity index is 2.21. The number of carboxylic acids is 1. The largest absolute Gasteiger partial charge is 0.480 e. The van der Waals surface area contributed by atoms with E-state index in [2.05, 4.69) is 4.98 Å². The standard InChI is InChI=1S/C14H17ClN2O3/c1-2-9-6-7-17(11(8-9)14(19)20)13(18)10-4-3-5-12(15)16-10/h3-5,9,11H,2,6-8H2,1H3,(H,19,20). The summed E-state index contributed by atoms with van der Waals surface area (Å²) < 4.78 is 0. The van der Waals surface area contributed by atoms with Crippen molar-refractivity contribution in [3.63, 3.8) is 0 Å². The van der Waals surface area contributed by atoms with Crippen LogP contribution in [0, 0.1) is 5.92 Å². The summed E-state index contributed by atoms with van der Waals surface area (Å²) in [7, 11) is 0. The van der Waals surface area contributed by atoms with E-state index in [0.717, 1.165) is 12.8 Å². The average Bonchev–Trinajstić information content (AvgIpc) is 2.45. The Morgan fingerprint density at radius 3 is 2.85 bits per heavy atom. The third-order valence-corrected chi connectivity index (χ3v) is 3.98. The molecular weight excluding hydrogens is 280 g/mol. The highest BCUT2D eigenvalue weighted by atomic mass is 35.5. The summed E-state index contributed by atoms with van der Waals surface area (Å²) in [6.45, 7) is 2.49. The minimum Gasteiger partial charge on any atom is -0.480 e. The van der Waals surface area contributed by atoms with E-state index in [1.54, 1.807) is 18.2 Å². The molecule has 1 saturated heterocycles. The van der Waals surface area contributed by atoms with Gasteiger partial charge >= 0.3 is 5.97 Å². The van der Waals surface area contributed by atoms with Crippen molar-refractivity contribution in [2.45, 2.75) is 32.2 Å². The highest BCUT2D eigenvalue weighted by Gasteiger charge is 2.36. The molecule has 2 heterocycles. The van der Waals surface area contributed by atoms with Gasteiger partial charge in [-0.3, -0.25) is 4.79 Å². The number of aliphatic carboxylic acids is 1. The molecule has 1 N–H and O–H groups in total. The van der Waals surface area contributed by atoms with Crippen molar-refractivity contribution in [2.24, 2.45) is 5.92 Å². The maximum atomic E-state index is 12.4. The number of carbonyl (C=O) groups is 2. The van der Waals surface area contributed by atoms with Gasteiger partial charge in [-0.1, -0.05) is 31.0 Å². The molecule has 2 atom stereocenters. The highest BCUT2D eigenvalue weighted by Crippen LogP contribution is 2.26. The molecule has 6 heteroatoms. The molecular formula is C14H17ClN2O3. The fourth-order valence-electron chi connectivity index (χ4n) is 2.56. The summed E-state index contributed by atoms with van der Waals surface area (Å²) in [6.07, 6.45) is 2.26. The molecule has 2 rings (SSSR count). The normalized spacial score (nSPS) is 22.6. The van der Waals surface area contributed by atoms with E-state index in [1.807, 2.05) is 6.92 Å². The number of piperidine rings is 1. The van der Waals surface area contributed by atoms with Gasteiger partial charge in [0.05, 0.1) is 0 Å². The molecule has 1 aliphatic heterocycles. The predicted molar refractivity (Wildman–Crippen MR) is 74.7 cm³/mol. The van der Waals surface area contributed by atoms with E-state index < -0.39 is 12.0 Å². The van der Waals surface area contributed by atoms with Crippen LogP contribution in [0.25, 0.3) is 0 Å². The first-order chi connectivity index (χ1) is 9.52. The highest BCUT2D eigenvalue weighted by molar-refractivity contribution is 6.29. The van der Waals surface area contributed by atoms with E-state index in [0.29, 0.717) is 18.9 Å². The van der Waals surface area contributed by atoms with Gasteiger partial charge in [0, 0.05) is 6.54 Å². The summed E-state index contributed by atoms with van der Waals surface area (Å²) in [5.74, 6) is -0.972. The number of likely N-dealkylation sites (tertiary alicyclic amines) is 1. The molecule has 0 spiro atoms. The van der Waals surface area contributed by atoms with Crippen molar-refractivity contribution >= 4 is 23.5 Å². The first-order valence-electron chi connectivity index (χ1n) is 6.69. The number of pyridine rings is 1. The maximum Gasteiger partial charge on any atom is 0.326 e. The van der Waals surface area contributed by atoms with E-state index in [1.165, 1.54) is 4.90 Å². The summed E-state index contributed by atoms with van der Waals surface area (Å²) in [4.78, 5) is 29.2. The molecule has 1 aliphatic rings. The molecule has 2 unspecified atom stereocenters. The lowest BCUT2D eigenvalue weighted by Crippen LogP contribution is -2.50. The van der Waals surface area contributed by atoms with Crippen molar-refractivity contribution in [2.75, 3.05) is 6.54 Å². The van der Waals surface area contributed by atoms with E-state index in [9.17, 15) is 14.7 Å². The van der Waals surface area contributed by atoms with Gasteiger partial charge < -0.3 is 10.0 Å². The molecule has 5 nitrogen and oxygen atoms in total. The fourth-order valence-corrected chi connectivity index (χ4v) is 2.72. The van der Waals surface area contributed by atoms with Gasteiger partial charge in [0.1, 0.15) is 16.9 Å². The summed E-state index contributed by atoms with van der Waals surface area (Å²) >= 11 is 5.77. The van der Waals surface area contributed by atoms with Gasteiger partial charge in [0.15, 0.2) is 0 Å². The Bertz CT molecular complexity index is 521. The first kappa shape index (κ1) is 14.8. The van der Waals surface area contributed by atoms with Crippen LogP contribution in [0.15, 0.2) is 18.2 Å². The number of amides is 1. The Kier molecular flexibility index (Phi) is 4.60. The first-order valence-corrected chi connectivity index (χ1v) is 7.07. The van der Waals surface area contributed by atoms with Crippen LogP contribution in [0.2, 0.25) is 5.15 Å². The number of hydrogen-bond acceptors (Lipinski definition) is 3. The van der Waals surface area contributed by atoms with E-state index in [-0.39, 0.29) is 16.8 Å². The second kappa shape index (κ2) is 6.22. The van der Waals surface area contributed by atoms with Crippen LogP contribution in [0.5, 0.6) is 0 Å². The Hall–Kier alpha value is -1.62. The van der Waals surface area contributed by atoms with Crippen LogP contribution in [0.4, 0.5) is 0 Å². The number of rotatable bonds is 3. The minimum atomic E-state index is -0.960. The molecule has 0 aromatic carbocycles. The number of hydrogen-bond donors (Lipinski definition) is 1. The number of carboxylic acid groups (broad SMARTS) is 1. The second-order valence-corrected chi connectivity index (χ2v) is 5.38. The number of carbonyl (C=O) groups excluding carboxylic acids is 1. The van der Waals surface area contributed by atoms with Crippen LogP contribution in [0.3, 0.4) is 0 Å². The van der Waals surface area contributed by atoms with Crippen molar-refractivity contribution in [1.82, 2.24) is 9.88 Å². The van der Waals surface area contributed by atoms with Gasteiger partial charge in [0.25, 0.3) is 5.91 Å². The van der Waals surface area contributed by atoms with Gasteiger partial charge in [-0.25, -0.2) is 9.78 Å². The fraction of sp³-hybridized carbons (Fsp3) is 0.500. The summed E-state index contributed by atoms with van der Waals surface area (Å²) in [5.41, 5.74) is 0.193. The van der Waals surface area contributed by atoms with Crippen molar-refractivity contribution in [3.8, 4) is 0 Å². The van der Waals surface area contributed by atoms with E-state index >= 15 is 0 Å². The molecule has 108 valence electrons. The molecule has 20 heavy (non-hydrogen) atoms. The van der Waals surface area contributed by atoms with Crippen LogP contribution >= 0.6 is 11.6 Å². The third-order valence-electron chi connectivity index (χ3n) is 3.77. The Morgan fingerprint density at radius 2 is 2.25 bits per heavy atom. The van der Waals surface area contributed by atoms with Crippen LogP contribution in [-0.4, -0.2) is 39.5 Å². The number of nitrogens with zero attached hydrogens (tertiary/aromatic N) is 2. The van der Waals surface area contributed by atoms with Crippen molar-refractivity contribution < 1.29 is 14.7 Å². The zero-order valence-electron chi connectivity index (χ0n) is 11.3. The Labute approximate surface area is 122 Å². The predicted octanol–water partition coefficient (Wildman–Crippen LogP) is 2.45. The smallest absolute Gasteiger partial charge is 0.326 e. The monoisotopic (exact) mass is 296 g/mol. The van der Waals surface area contributed by atoms with Crippen LogP contribution in [0.1, 0.15) is 36.7 Å². The van der Waals surface area contributed by atoms with Gasteiger partial charge in [-0.15, -0.1) is 0 Å². The van der Waals surface area contributed by atoms with Crippen LogP contribution in [-0.2, 0) is 4.79 Å². The molecule has 0 bridgehead atoms. The quantitative estimate of drug-likeness (QED) is 0.870. The molecule has 0 saturated carbocycles. The zero-order valence-corrected chi connectivity index (χ0v) is 12.0. The second-order valence-electron chi connectivity index (χ2n) is 5.00. The minimum absolute atomic E-state index is 0.193. The molecule has 1 amide bonds. The number of halogens is 1. The third kappa shape index (κ3) is 3.10. The van der Waals surface area contributed by atoms with Gasteiger partial charge in [0.2, 0.25) is 0 Å². The van der Waals surface area contributed by atoms with Crippen molar-refractivity contribution in [1.29, 1.82) is 0 Å². The average molecular weight is 297 g/mol. The van der Waals surface area contributed by atoms with E-state index in [4.69, 9.17) is 11.6 Å². The van der Waals surface area contributed by atoms with Gasteiger partial charge in [-0.05, 0) is 30.9 Å². The van der Waals surface area contributed by atoms with Crippen molar-refractivity contribution in [3.05, 3.63) is 29.0 Å².